The molecule has 0 unspecified atom stereocenters. The molecule has 264 valence electrons. The monoisotopic (exact) mass is 683 g/mol. The standard InChI is InChI=1S/C35H45N11O4/c1-24(19-44-23-39-42-43-44)50-33-15-25(5-6-26(33)16-36)27-17-37-35(38-18-27)40-32-20-45(41-34(32)49-14-4-3-13-47-2)28-7-9-29(10-8-28)46-30-11-12-31(46)22-48-21-30/h5-6,15,17-18,20,23-24,28-31H,3-4,7-14,19,21-22H2,1-2H3,(H,37,38,40)/t24-,28?,29?,30+,31+/m0/s1. The van der Waals surface area contributed by atoms with E-state index in [0.29, 0.717) is 67.1 Å². The van der Waals surface area contributed by atoms with Crippen molar-refractivity contribution in [1.82, 2.24) is 44.9 Å². The molecule has 1 aromatic carbocycles. The summed E-state index contributed by atoms with van der Waals surface area (Å²) in [6.07, 6.45) is 15.6. The number of hydrogen-bond donors (Lipinski definition) is 1. The highest BCUT2D eigenvalue weighted by molar-refractivity contribution is 5.67. The minimum absolute atomic E-state index is 0.268. The van der Waals surface area contributed by atoms with Gasteiger partial charge in [-0.1, -0.05) is 6.07 Å². The molecule has 2 aliphatic heterocycles. The average Bonchev–Trinajstić information content (AvgIpc) is 3.86. The quantitative estimate of drug-likeness (QED) is 0.174. The fraction of sp³-hybridized carbons (Fsp3) is 0.571. The molecule has 0 amide bonds. The van der Waals surface area contributed by atoms with E-state index in [1.54, 1.807) is 30.3 Å². The van der Waals surface area contributed by atoms with Gasteiger partial charge < -0.3 is 24.3 Å². The molecule has 5 heterocycles. The van der Waals surface area contributed by atoms with Crippen molar-refractivity contribution in [2.45, 2.75) is 95.1 Å². The van der Waals surface area contributed by atoms with Crippen molar-refractivity contribution in [2.24, 2.45) is 0 Å². The number of rotatable bonds is 15. The molecular weight excluding hydrogens is 638 g/mol. The number of morpholine rings is 1. The second-order valence-electron chi connectivity index (χ2n) is 13.4. The summed E-state index contributed by atoms with van der Waals surface area (Å²) in [7, 11) is 1.71. The fourth-order valence-corrected chi connectivity index (χ4v) is 7.48. The first-order chi connectivity index (χ1) is 24.6. The van der Waals surface area contributed by atoms with E-state index in [1.807, 2.05) is 25.3 Å². The number of nitrogens with zero attached hydrogens (tertiary/aromatic N) is 10. The maximum Gasteiger partial charge on any atom is 0.256 e. The van der Waals surface area contributed by atoms with E-state index in [1.165, 1.54) is 32.0 Å². The van der Waals surface area contributed by atoms with Gasteiger partial charge in [0.2, 0.25) is 5.95 Å². The lowest BCUT2D eigenvalue weighted by Gasteiger charge is -2.43. The molecule has 1 aliphatic carbocycles. The van der Waals surface area contributed by atoms with Gasteiger partial charge in [0.15, 0.2) is 0 Å². The third-order valence-corrected chi connectivity index (χ3v) is 9.94. The molecule has 15 heteroatoms. The Morgan fingerprint density at radius 1 is 0.980 bits per heavy atom. The molecule has 15 nitrogen and oxygen atoms in total. The Morgan fingerprint density at radius 2 is 1.72 bits per heavy atom. The molecule has 3 fully saturated rings. The highest BCUT2D eigenvalue weighted by atomic mass is 16.5. The summed E-state index contributed by atoms with van der Waals surface area (Å²) in [6.45, 7) is 5.34. The van der Waals surface area contributed by atoms with Gasteiger partial charge in [0.05, 0.1) is 44.2 Å². The summed E-state index contributed by atoms with van der Waals surface area (Å²) in [4.78, 5) is 12.0. The number of tetrazole rings is 1. The van der Waals surface area contributed by atoms with Gasteiger partial charge in [0.1, 0.15) is 29.9 Å². The normalized spacial score (nSPS) is 22.6. The highest BCUT2D eigenvalue weighted by Crippen LogP contribution is 2.39. The van der Waals surface area contributed by atoms with E-state index in [9.17, 15) is 5.26 Å². The molecular formula is C35H45N11O4. The second kappa shape index (κ2) is 15.9. The molecule has 3 aliphatic rings. The minimum Gasteiger partial charge on any atom is -0.487 e. The predicted octanol–water partition coefficient (Wildman–Crippen LogP) is 4.56. The predicted molar refractivity (Wildman–Crippen MR) is 183 cm³/mol. The Hall–Kier alpha value is -4.65. The van der Waals surface area contributed by atoms with E-state index < -0.39 is 0 Å². The molecule has 3 atom stereocenters. The smallest absolute Gasteiger partial charge is 0.256 e. The second-order valence-corrected chi connectivity index (χ2v) is 13.4. The SMILES string of the molecule is COCCCCOc1nn(C2CCC(N3[C@@H]4CC[C@@H]3COC4)CC2)cc1Nc1ncc(-c2ccc(C#N)c(O[C@@H](C)Cn3cnnn3)c2)cn1. The molecule has 0 spiro atoms. The van der Waals surface area contributed by atoms with Crippen LogP contribution >= 0.6 is 0 Å². The number of ether oxygens (including phenoxy) is 4. The van der Waals surface area contributed by atoms with E-state index in [2.05, 4.69) is 46.5 Å². The number of aromatic nitrogens is 8. The van der Waals surface area contributed by atoms with Crippen molar-refractivity contribution in [1.29, 1.82) is 5.26 Å². The zero-order valence-electron chi connectivity index (χ0n) is 28.7. The Bertz CT molecular complexity index is 1700. The van der Waals surface area contributed by atoms with Gasteiger partial charge in [-0.3, -0.25) is 9.58 Å². The van der Waals surface area contributed by atoms with Crippen LogP contribution < -0.4 is 14.8 Å². The zero-order chi connectivity index (χ0) is 34.3. The van der Waals surface area contributed by atoms with Gasteiger partial charge in [-0.15, -0.1) is 10.2 Å². The number of nitriles is 1. The summed E-state index contributed by atoms with van der Waals surface area (Å²) in [5, 5.41) is 29.2. The van der Waals surface area contributed by atoms with Crippen LogP contribution in [-0.4, -0.2) is 103 Å². The van der Waals surface area contributed by atoms with Crippen LogP contribution in [-0.2, 0) is 16.0 Å². The van der Waals surface area contributed by atoms with Crippen LogP contribution in [0.4, 0.5) is 11.6 Å². The maximum absolute atomic E-state index is 9.68. The van der Waals surface area contributed by atoms with Crippen molar-refractivity contribution in [3.63, 3.8) is 0 Å². The van der Waals surface area contributed by atoms with Crippen LogP contribution in [0.25, 0.3) is 11.1 Å². The van der Waals surface area contributed by atoms with E-state index in [0.717, 1.165) is 55.7 Å². The van der Waals surface area contributed by atoms with Gasteiger partial charge in [-0.25, -0.2) is 14.6 Å². The van der Waals surface area contributed by atoms with Crippen LogP contribution in [0.3, 0.4) is 0 Å². The number of unbranched alkanes of at least 4 members (excludes halogenated alkanes) is 1. The van der Waals surface area contributed by atoms with Crippen LogP contribution in [0.1, 0.15) is 69.9 Å². The van der Waals surface area contributed by atoms with Crippen LogP contribution in [0, 0.1) is 11.3 Å². The molecule has 2 saturated heterocycles. The van der Waals surface area contributed by atoms with Gasteiger partial charge in [0, 0.05) is 49.8 Å². The largest absolute Gasteiger partial charge is 0.487 e. The summed E-state index contributed by atoms with van der Waals surface area (Å²) in [5.74, 6) is 1.45. The van der Waals surface area contributed by atoms with Crippen LogP contribution in [0.5, 0.6) is 11.6 Å². The van der Waals surface area contributed by atoms with E-state index in [4.69, 9.17) is 24.0 Å². The van der Waals surface area contributed by atoms with Gasteiger partial charge in [-0.2, -0.15) is 5.26 Å². The molecule has 0 radical (unpaired) electrons. The molecule has 3 aromatic heterocycles. The number of hydrogen-bond acceptors (Lipinski definition) is 13. The third kappa shape index (κ3) is 7.88. The lowest BCUT2D eigenvalue weighted by Crippen LogP contribution is -2.52. The first-order valence-corrected chi connectivity index (χ1v) is 17.6. The van der Waals surface area contributed by atoms with Crippen LogP contribution in [0.2, 0.25) is 0 Å². The van der Waals surface area contributed by atoms with Gasteiger partial charge in [-0.05, 0) is 86.4 Å². The van der Waals surface area contributed by atoms with Crippen molar-refractivity contribution in [3.8, 4) is 28.8 Å². The maximum atomic E-state index is 9.68. The van der Waals surface area contributed by atoms with Crippen molar-refractivity contribution >= 4 is 11.6 Å². The Kier molecular flexibility index (Phi) is 10.8. The molecule has 1 N–H and O–H groups in total. The number of benzene rings is 1. The average molecular weight is 684 g/mol. The lowest BCUT2D eigenvalue weighted by atomic mass is 9.89. The molecule has 1 saturated carbocycles. The summed E-state index contributed by atoms with van der Waals surface area (Å²) in [5.41, 5.74) is 2.79. The number of methoxy groups -OCH3 is 1. The first-order valence-electron chi connectivity index (χ1n) is 17.6. The lowest BCUT2D eigenvalue weighted by molar-refractivity contribution is -0.0458. The Balaban J connectivity index is 1.02. The van der Waals surface area contributed by atoms with Crippen molar-refractivity contribution < 1.29 is 18.9 Å². The first kappa shape index (κ1) is 33.8. The zero-order valence-corrected chi connectivity index (χ0v) is 28.7. The van der Waals surface area contributed by atoms with Gasteiger partial charge in [0.25, 0.3) is 5.88 Å². The summed E-state index contributed by atoms with van der Waals surface area (Å²) >= 11 is 0. The topological polar surface area (TPSA) is 163 Å². The van der Waals surface area contributed by atoms with Crippen molar-refractivity contribution in [2.75, 3.05) is 38.9 Å². The molecule has 4 aromatic rings. The number of fused-ring (bicyclic) bond motifs is 2. The minimum atomic E-state index is -0.268. The van der Waals surface area contributed by atoms with E-state index in [-0.39, 0.29) is 6.10 Å². The van der Waals surface area contributed by atoms with E-state index >= 15 is 0 Å². The summed E-state index contributed by atoms with van der Waals surface area (Å²) in [6, 6.07) is 9.75. The van der Waals surface area contributed by atoms with Crippen LogP contribution in [0.15, 0.2) is 43.1 Å². The third-order valence-electron chi connectivity index (χ3n) is 9.94. The molecule has 7 rings (SSSR count). The fourth-order valence-electron chi connectivity index (χ4n) is 7.48. The number of anilines is 2. The summed E-state index contributed by atoms with van der Waals surface area (Å²) < 4.78 is 27.0. The molecule has 50 heavy (non-hydrogen) atoms. The van der Waals surface area contributed by atoms with Gasteiger partial charge >= 0.3 is 0 Å². The Morgan fingerprint density at radius 3 is 2.44 bits per heavy atom. The Labute approximate surface area is 291 Å². The number of nitrogens with one attached hydrogen (secondary N) is 1. The molecule has 2 bridgehead atoms. The highest BCUT2D eigenvalue weighted by Gasteiger charge is 2.42. The van der Waals surface area contributed by atoms with Crippen molar-refractivity contribution in [3.05, 3.63) is 48.7 Å².